The third-order valence-electron chi connectivity index (χ3n) is 4.69. The molecule has 1 saturated heterocycles. The number of carbonyl (C=O) groups excluding carboxylic acids is 1. The Morgan fingerprint density at radius 1 is 1.35 bits per heavy atom. The Morgan fingerprint density at radius 3 is 2.65 bits per heavy atom. The highest BCUT2D eigenvalue weighted by Crippen LogP contribution is 2.37. The second-order valence-corrected chi connectivity index (χ2v) is 5.96. The normalized spacial score (nSPS) is 23.1. The smallest absolute Gasteiger partial charge is 0.157 e. The fourth-order valence-corrected chi connectivity index (χ4v) is 3.64. The van der Waals surface area contributed by atoms with Gasteiger partial charge in [0.15, 0.2) is 5.78 Å². The van der Waals surface area contributed by atoms with E-state index in [1.165, 1.54) is 0 Å². The molecular weight excluding hydrogens is 254 g/mol. The highest BCUT2D eigenvalue weighted by Gasteiger charge is 2.45. The largest absolute Gasteiger partial charge is 0.379 e. The first-order chi connectivity index (χ1) is 9.71. The van der Waals surface area contributed by atoms with E-state index in [0.717, 1.165) is 57.6 Å². The van der Waals surface area contributed by atoms with E-state index >= 15 is 0 Å². The Bertz CT molecular complexity index is 471. The summed E-state index contributed by atoms with van der Waals surface area (Å²) >= 11 is 0. The Kier molecular flexibility index (Phi) is 3.89. The van der Waals surface area contributed by atoms with Crippen molar-refractivity contribution >= 4 is 5.78 Å². The molecular formula is C15H23N3O2. The molecule has 5 heteroatoms. The van der Waals surface area contributed by atoms with Gasteiger partial charge in [-0.05, 0) is 18.4 Å². The number of rotatable bonds is 4. The minimum absolute atomic E-state index is 0.236. The second-order valence-electron chi connectivity index (χ2n) is 5.96. The van der Waals surface area contributed by atoms with Crippen LogP contribution in [0.1, 0.15) is 31.2 Å². The van der Waals surface area contributed by atoms with Crippen molar-refractivity contribution in [1.82, 2.24) is 14.7 Å². The molecule has 2 heterocycles. The molecule has 0 spiro atoms. The Morgan fingerprint density at radius 2 is 2.05 bits per heavy atom. The van der Waals surface area contributed by atoms with Crippen molar-refractivity contribution < 1.29 is 9.53 Å². The summed E-state index contributed by atoms with van der Waals surface area (Å²) in [6.45, 7) is 3.28. The van der Waals surface area contributed by atoms with Gasteiger partial charge >= 0.3 is 0 Å². The number of aromatic nitrogens is 2. The number of ketones is 1. The van der Waals surface area contributed by atoms with E-state index in [1.807, 2.05) is 13.2 Å². The monoisotopic (exact) mass is 277 g/mol. The zero-order chi connectivity index (χ0) is 14.0. The van der Waals surface area contributed by atoms with Crippen LogP contribution in [0, 0.1) is 0 Å². The summed E-state index contributed by atoms with van der Waals surface area (Å²) in [5, 5.41) is 4.16. The lowest BCUT2D eigenvalue weighted by Crippen LogP contribution is -2.57. The molecule has 0 N–H and O–H groups in total. The highest BCUT2D eigenvalue weighted by atomic mass is 16.5. The molecule has 0 unspecified atom stereocenters. The molecule has 1 aromatic heterocycles. The molecule has 5 nitrogen and oxygen atoms in total. The number of aryl methyl sites for hydroxylation is 1. The first kappa shape index (κ1) is 13.8. The maximum absolute atomic E-state index is 12.9. The van der Waals surface area contributed by atoms with Crippen molar-refractivity contribution in [3.63, 3.8) is 0 Å². The average Bonchev–Trinajstić information content (AvgIpc) is 3.10. The number of hydrogen-bond donors (Lipinski definition) is 0. The Hall–Kier alpha value is -1.20. The van der Waals surface area contributed by atoms with E-state index < -0.39 is 0 Å². The third-order valence-corrected chi connectivity index (χ3v) is 4.69. The van der Waals surface area contributed by atoms with E-state index in [2.05, 4.69) is 10.00 Å². The van der Waals surface area contributed by atoms with Crippen molar-refractivity contribution in [2.45, 2.75) is 37.6 Å². The van der Waals surface area contributed by atoms with E-state index in [9.17, 15) is 4.79 Å². The molecule has 20 heavy (non-hydrogen) atoms. The first-order valence-corrected chi connectivity index (χ1v) is 7.54. The first-order valence-electron chi connectivity index (χ1n) is 7.54. The van der Waals surface area contributed by atoms with Crippen LogP contribution in [-0.2, 0) is 23.0 Å². The lowest BCUT2D eigenvalue weighted by Gasteiger charge is -2.42. The number of hydrogen-bond acceptors (Lipinski definition) is 4. The van der Waals surface area contributed by atoms with Gasteiger partial charge in [0, 0.05) is 32.8 Å². The number of Topliss-reactive ketones (excluding diaryl/α,β-unsaturated/α-hetero) is 1. The minimum Gasteiger partial charge on any atom is -0.379 e. The summed E-state index contributed by atoms with van der Waals surface area (Å²) in [5.74, 6) is 0.366. The molecule has 0 bridgehead atoms. The van der Waals surface area contributed by atoms with Crippen LogP contribution in [0.5, 0.6) is 0 Å². The van der Waals surface area contributed by atoms with Crippen LogP contribution < -0.4 is 0 Å². The highest BCUT2D eigenvalue weighted by molar-refractivity contribution is 5.90. The zero-order valence-electron chi connectivity index (χ0n) is 12.2. The van der Waals surface area contributed by atoms with Crippen molar-refractivity contribution in [1.29, 1.82) is 0 Å². The summed E-state index contributed by atoms with van der Waals surface area (Å²) in [6.07, 6.45) is 8.59. The van der Waals surface area contributed by atoms with Crippen LogP contribution in [-0.4, -0.2) is 52.3 Å². The van der Waals surface area contributed by atoms with E-state index in [1.54, 1.807) is 10.9 Å². The Labute approximate surface area is 119 Å². The van der Waals surface area contributed by atoms with Crippen LogP contribution in [0.3, 0.4) is 0 Å². The minimum atomic E-state index is -0.236. The fourth-order valence-electron chi connectivity index (χ4n) is 3.64. The molecule has 2 fully saturated rings. The van der Waals surface area contributed by atoms with E-state index in [0.29, 0.717) is 12.2 Å². The van der Waals surface area contributed by atoms with Crippen molar-refractivity contribution in [2.24, 2.45) is 7.05 Å². The summed E-state index contributed by atoms with van der Waals surface area (Å²) in [6, 6.07) is 0. The fraction of sp³-hybridized carbons (Fsp3) is 0.733. The molecule has 1 saturated carbocycles. The topological polar surface area (TPSA) is 47.4 Å². The van der Waals surface area contributed by atoms with Gasteiger partial charge in [-0.2, -0.15) is 5.10 Å². The molecule has 0 amide bonds. The van der Waals surface area contributed by atoms with Gasteiger partial charge in [0.2, 0.25) is 0 Å². The molecule has 0 atom stereocenters. The molecule has 1 aliphatic carbocycles. The Balaban J connectivity index is 1.76. The lowest BCUT2D eigenvalue weighted by molar-refractivity contribution is -0.133. The number of ether oxygens (including phenoxy) is 1. The van der Waals surface area contributed by atoms with Crippen molar-refractivity contribution in [3.8, 4) is 0 Å². The van der Waals surface area contributed by atoms with Gasteiger partial charge in [-0.25, -0.2) is 0 Å². The maximum atomic E-state index is 12.9. The van der Waals surface area contributed by atoms with Crippen LogP contribution in [0.25, 0.3) is 0 Å². The lowest BCUT2D eigenvalue weighted by atomic mass is 9.86. The van der Waals surface area contributed by atoms with E-state index in [-0.39, 0.29) is 5.54 Å². The number of morpholine rings is 1. The van der Waals surface area contributed by atoms with Crippen LogP contribution in [0.2, 0.25) is 0 Å². The van der Waals surface area contributed by atoms with Gasteiger partial charge in [0.05, 0.1) is 24.9 Å². The predicted molar refractivity (Wildman–Crippen MR) is 75.5 cm³/mol. The molecule has 0 radical (unpaired) electrons. The standard InChI is InChI=1S/C15H23N3O2/c1-17-12-13(11-16-17)10-14(19)15(4-2-3-5-15)18-6-8-20-9-7-18/h11-12H,2-10H2,1H3. The summed E-state index contributed by atoms with van der Waals surface area (Å²) in [4.78, 5) is 15.3. The van der Waals surface area contributed by atoms with Crippen molar-refractivity contribution in [3.05, 3.63) is 18.0 Å². The molecule has 110 valence electrons. The van der Waals surface area contributed by atoms with Crippen LogP contribution >= 0.6 is 0 Å². The number of carbonyl (C=O) groups is 1. The van der Waals surface area contributed by atoms with Gasteiger partial charge in [0.25, 0.3) is 0 Å². The van der Waals surface area contributed by atoms with Gasteiger partial charge < -0.3 is 4.74 Å². The maximum Gasteiger partial charge on any atom is 0.157 e. The van der Waals surface area contributed by atoms with E-state index in [4.69, 9.17) is 4.74 Å². The van der Waals surface area contributed by atoms with Crippen LogP contribution in [0.15, 0.2) is 12.4 Å². The summed E-state index contributed by atoms with van der Waals surface area (Å²) in [7, 11) is 1.89. The third kappa shape index (κ3) is 2.52. The van der Waals surface area contributed by atoms with Gasteiger partial charge in [-0.1, -0.05) is 12.8 Å². The SMILES string of the molecule is Cn1cc(CC(=O)C2(N3CCOCC3)CCCC2)cn1. The quantitative estimate of drug-likeness (QED) is 0.829. The molecule has 0 aromatic carbocycles. The molecule has 1 aromatic rings. The predicted octanol–water partition coefficient (Wildman–Crippen LogP) is 1.18. The average molecular weight is 277 g/mol. The zero-order valence-corrected chi connectivity index (χ0v) is 12.2. The molecule has 1 aliphatic heterocycles. The molecule has 3 rings (SSSR count). The van der Waals surface area contributed by atoms with Crippen molar-refractivity contribution in [2.75, 3.05) is 26.3 Å². The van der Waals surface area contributed by atoms with Gasteiger partial charge in [-0.15, -0.1) is 0 Å². The second kappa shape index (κ2) is 5.66. The number of nitrogens with zero attached hydrogens (tertiary/aromatic N) is 3. The molecule has 2 aliphatic rings. The van der Waals surface area contributed by atoms with Crippen LogP contribution in [0.4, 0.5) is 0 Å². The summed E-state index contributed by atoms with van der Waals surface area (Å²) in [5.41, 5.74) is 0.789. The summed E-state index contributed by atoms with van der Waals surface area (Å²) < 4.78 is 7.20. The van der Waals surface area contributed by atoms with Gasteiger partial charge in [0.1, 0.15) is 0 Å². The van der Waals surface area contributed by atoms with Gasteiger partial charge in [-0.3, -0.25) is 14.4 Å².